The van der Waals surface area contributed by atoms with E-state index in [-0.39, 0.29) is 24.2 Å². The van der Waals surface area contributed by atoms with E-state index in [9.17, 15) is 14.9 Å². The molecule has 21 heavy (non-hydrogen) atoms. The Kier molecular flexibility index (Phi) is 5.92. The van der Waals surface area contributed by atoms with Crippen molar-refractivity contribution in [3.05, 3.63) is 27.8 Å². The highest BCUT2D eigenvalue weighted by Gasteiger charge is 2.24. The summed E-state index contributed by atoms with van der Waals surface area (Å²) in [5.74, 6) is -1.20. The first-order chi connectivity index (χ1) is 9.86. The molecule has 0 aliphatic heterocycles. The van der Waals surface area contributed by atoms with Crippen LogP contribution in [-0.4, -0.2) is 42.4 Å². The van der Waals surface area contributed by atoms with E-state index in [1.54, 1.807) is 0 Å². The first-order valence-electron chi connectivity index (χ1n) is 6.21. The molecular formula is C13H17NO7. The maximum atomic E-state index is 11.0. The molecule has 1 rings (SSSR count). The number of hydrogen-bond acceptors (Lipinski definition) is 6. The molecule has 0 saturated carbocycles. The van der Waals surface area contributed by atoms with Gasteiger partial charge >= 0.3 is 5.97 Å². The second-order valence-corrected chi connectivity index (χ2v) is 4.35. The van der Waals surface area contributed by atoms with Crippen LogP contribution in [0.2, 0.25) is 0 Å². The van der Waals surface area contributed by atoms with Gasteiger partial charge in [-0.15, -0.1) is 0 Å². The van der Waals surface area contributed by atoms with E-state index >= 15 is 0 Å². The van der Waals surface area contributed by atoms with Crippen LogP contribution in [0.1, 0.15) is 24.2 Å². The molecule has 0 radical (unpaired) electrons. The van der Waals surface area contributed by atoms with Gasteiger partial charge in [0.05, 0.1) is 30.8 Å². The lowest BCUT2D eigenvalue weighted by Crippen LogP contribution is -2.12. The second-order valence-electron chi connectivity index (χ2n) is 4.35. The van der Waals surface area contributed by atoms with Crippen LogP contribution in [0.4, 0.5) is 5.69 Å². The quantitative estimate of drug-likeness (QED) is 0.445. The van der Waals surface area contributed by atoms with E-state index in [4.69, 9.17) is 19.3 Å². The lowest BCUT2D eigenvalue weighted by molar-refractivity contribution is -0.385. The van der Waals surface area contributed by atoms with Gasteiger partial charge in [0.15, 0.2) is 11.5 Å². The molecular weight excluding hydrogens is 282 g/mol. The van der Waals surface area contributed by atoms with Gasteiger partial charge in [-0.25, -0.2) is 4.79 Å². The van der Waals surface area contributed by atoms with Gasteiger partial charge in [-0.05, 0) is 13.8 Å². The first kappa shape index (κ1) is 16.7. The molecule has 0 aliphatic rings. The second kappa shape index (κ2) is 7.44. The molecule has 0 saturated heterocycles. The number of hydrogen-bond donors (Lipinski definition) is 1. The van der Waals surface area contributed by atoms with Gasteiger partial charge in [0.25, 0.3) is 5.69 Å². The SMILES string of the molecule is COc1cc(C(=O)O)c([N+](=O)[O-])cc1OCCOC(C)C. The summed E-state index contributed by atoms with van der Waals surface area (Å²) < 4.78 is 15.6. The third-order valence-corrected chi connectivity index (χ3v) is 2.50. The number of carboxylic acids is 1. The van der Waals surface area contributed by atoms with Crippen LogP contribution in [0.5, 0.6) is 11.5 Å². The monoisotopic (exact) mass is 299 g/mol. The predicted molar refractivity (Wildman–Crippen MR) is 73.2 cm³/mol. The Bertz CT molecular complexity index is 527. The van der Waals surface area contributed by atoms with Crippen LogP contribution >= 0.6 is 0 Å². The number of benzene rings is 1. The Hall–Kier alpha value is -2.35. The van der Waals surface area contributed by atoms with Gasteiger partial charge in [-0.1, -0.05) is 0 Å². The number of methoxy groups -OCH3 is 1. The van der Waals surface area contributed by atoms with Crippen molar-refractivity contribution in [3.8, 4) is 11.5 Å². The fourth-order valence-corrected chi connectivity index (χ4v) is 1.58. The third kappa shape index (κ3) is 4.60. The van der Waals surface area contributed by atoms with Gasteiger partial charge < -0.3 is 19.3 Å². The summed E-state index contributed by atoms with van der Waals surface area (Å²) in [6.45, 7) is 4.20. The van der Waals surface area contributed by atoms with Crippen molar-refractivity contribution in [1.82, 2.24) is 0 Å². The van der Waals surface area contributed by atoms with Crippen LogP contribution < -0.4 is 9.47 Å². The van der Waals surface area contributed by atoms with Crippen molar-refractivity contribution in [1.29, 1.82) is 0 Å². The topological polar surface area (TPSA) is 108 Å². The zero-order valence-electron chi connectivity index (χ0n) is 12.0. The molecule has 1 N–H and O–H groups in total. The fourth-order valence-electron chi connectivity index (χ4n) is 1.58. The van der Waals surface area contributed by atoms with Crippen molar-refractivity contribution in [2.24, 2.45) is 0 Å². The highest BCUT2D eigenvalue weighted by molar-refractivity contribution is 5.93. The average molecular weight is 299 g/mol. The first-order valence-corrected chi connectivity index (χ1v) is 6.21. The third-order valence-electron chi connectivity index (χ3n) is 2.50. The molecule has 1 aromatic carbocycles. The van der Waals surface area contributed by atoms with E-state index in [0.717, 1.165) is 12.1 Å². The normalized spacial score (nSPS) is 10.5. The van der Waals surface area contributed by atoms with Crippen molar-refractivity contribution in [3.63, 3.8) is 0 Å². The minimum absolute atomic E-state index is 0.0409. The van der Waals surface area contributed by atoms with Crippen LogP contribution in [-0.2, 0) is 4.74 Å². The predicted octanol–water partition coefficient (Wildman–Crippen LogP) is 2.11. The lowest BCUT2D eigenvalue weighted by atomic mass is 10.1. The number of nitrogens with zero attached hydrogens (tertiary/aromatic N) is 1. The lowest BCUT2D eigenvalue weighted by Gasteiger charge is -2.12. The number of nitro groups is 1. The minimum Gasteiger partial charge on any atom is -0.493 e. The highest BCUT2D eigenvalue weighted by Crippen LogP contribution is 2.34. The zero-order chi connectivity index (χ0) is 16.0. The van der Waals surface area contributed by atoms with Crippen LogP contribution in [0.25, 0.3) is 0 Å². The van der Waals surface area contributed by atoms with Gasteiger partial charge in [0.1, 0.15) is 12.2 Å². The van der Waals surface area contributed by atoms with Crippen molar-refractivity contribution < 1.29 is 29.0 Å². The van der Waals surface area contributed by atoms with Gasteiger partial charge in [-0.2, -0.15) is 0 Å². The molecule has 0 unspecified atom stereocenters. The summed E-state index contributed by atoms with van der Waals surface area (Å²) in [5, 5.41) is 19.9. The van der Waals surface area contributed by atoms with Crippen molar-refractivity contribution in [2.45, 2.75) is 20.0 Å². The number of rotatable bonds is 8. The molecule has 1 aromatic rings. The molecule has 8 heteroatoms. The average Bonchev–Trinajstić information content (AvgIpc) is 2.42. The number of nitro benzene ring substituents is 1. The molecule has 0 amide bonds. The minimum atomic E-state index is -1.41. The summed E-state index contributed by atoms with van der Waals surface area (Å²) in [6, 6.07) is 2.11. The molecule has 116 valence electrons. The number of carboxylic acid groups (broad SMARTS) is 1. The number of aromatic carboxylic acids is 1. The standard InChI is InChI=1S/C13H17NO7/c1-8(2)20-4-5-21-12-7-10(14(17)18)9(13(15)16)6-11(12)19-3/h6-8H,4-5H2,1-3H3,(H,15,16). The van der Waals surface area contributed by atoms with Gasteiger partial charge in [0.2, 0.25) is 0 Å². The van der Waals surface area contributed by atoms with E-state index in [1.165, 1.54) is 7.11 Å². The number of ether oxygens (including phenoxy) is 3. The summed E-state index contributed by atoms with van der Waals surface area (Å²) >= 11 is 0. The Morgan fingerprint density at radius 1 is 1.33 bits per heavy atom. The molecule has 0 atom stereocenters. The Morgan fingerprint density at radius 2 is 2.00 bits per heavy atom. The molecule has 0 bridgehead atoms. The molecule has 8 nitrogen and oxygen atoms in total. The Labute approximate surface area is 121 Å². The smallest absolute Gasteiger partial charge is 0.342 e. The number of carbonyl (C=O) groups is 1. The molecule has 0 aliphatic carbocycles. The van der Waals surface area contributed by atoms with E-state index < -0.39 is 22.1 Å². The van der Waals surface area contributed by atoms with Gasteiger partial charge in [0, 0.05) is 6.07 Å². The van der Waals surface area contributed by atoms with Crippen LogP contribution in [0.3, 0.4) is 0 Å². The maximum Gasteiger partial charge on any atom is 0.342 e. The molecule has 0 spiro atoms. The van der Waals surface area contributed by atoms with E-state index in [1.807, 2.05) is 13.8 Å². The summed E-state index contributed by atoms with van der Waals surface area (Å²) in [5.41, 5.74) is -1.01. The molecule has 0 aromatic heterocycles. The van der Waals surface area contributed by atoms with Crippen LogP contribution in [0, 0.1) is 10.1 Å². The summed E-state index contributed by atoms with van der Waals surface area (Å²) in [6.07, 6.45) is 0.0409. The Balaban J connectivity index is 2.99. The highest BCUT2D eigenvalue weighted by atomic mass is 16.6. The van der Waals surface area contributed by atoms with Gasteiger partial charge in [-0.3, -0.25) is 10.1 Å². The fraction of sp³-hybridized carbons (Fsp3) is 0.462. The zero-order valence-corrected chi connectivity index (χ0v) is 12.0. The summed E-state index contributed by atoms with van der Waals surface area (Å²) in [7, 11) is 1.32. The molecule has 0 fully saturated rings. The largest absolute Gasteiger partial charge is 0.493 e. The van der Waals surface area contributed by atoms with E-state index in [0.29, 0.717) is 6.61 Å². The van der Waals surface area contributed by atoms with Crippen molar-refractivity contribution in [2.75, 3.05) is 20.3 Å². The van der Waals surface area contributed by atoms with E-state index in [2.05, 4.69) is 0 Å². The van der Waals surface area contributed by atoms with Crippen molar-refractivity contribution >= 4 is 11.7 Å². The maximum absolute atomic E-state index is 11.0. The summed E-state index contributed by atoms with van der Waals surface area (Å²) in [4.78, 5) is 21.2. The Morgan fingerprint density at radius 3 is 2.48 bits per heavy atom. The molecule has 0 heterocycles. The van der Waals surface area contributed by atoms with Crippen LogP contribution in [0.15, 0.2) is 12.1 Å².